The van der Waals surface area contributed by atoms with Gasteiger partial charge in [0.15, 0.2) is 5.65 Å². The second kappa shape index (κ2) is 10.9. The molecule has 198 valence electrons. The van der Waals surface area contributed by atoms with E-state index < -0.39 is 0 Å². The van der Waals surface area contributed by atoms with Gasteiger partial charge < -0.3 is 9.80 Å². The SMILES string of the molecule is CCCC(C)c1nc(N2CCN(C(=O)c3ccc(Cl)cc3Cl)CC2)c2c(C)nn(-c3ccc(F)cc3)c2n1. The molecule has 1 aliphatic rings. The molecule has 7 nitrogen and oxygen atoms in total. The summed E-state index contributed by atoms with van der Waals surface area (Å²) in [6.07, 6.45) is 1.97. The number of aryl methyl sites for hydroxylation is 1. The van der Waals surface area contributed by atoms with Crippen molar-refractivity contribution in [2.45, 2.75) is 39.5 Å². The second-order valence-corrected chi connectivity index (χ2v) is 10.5. The summed E-state index contributed by atoms with van der Waals surface area (Å²) in [6.45, 7) is 8.46. The zero-order chi connectivity index (χ0) is 27.0. The molecule has 1 saturated heterocycles. The van der Waals surface area contributed by atoms with Gasteiger partial charge in [-0.3, -0.25) is 4.79 Å². The first-order valence-corrected chi connectivity index (χ1v) is 13.5. The van der Waals surface area contributed by atoms with E-state index in [4.69, 9.17) is 38.3 Å². The smallest absolute Gasteiger partial charge is 0.255 e. The van der Waals surface area contributed by atoms with Crippen LogP contribution in [0.1, 0.15) is 54.5 Å². The highest BCUT2D eigenvalue weighted by Crippen LogP contribution is 2.32. The van der Waals surface area contributed by atoms with Crippen molar-refractivity contribution in [3.8, 4) is 5.69 Å². The summed E-state index contributed by atoms with van der Waals surface area (Å²) in [5.74, 6) is 1.31. The molecule has 0 aliphatic carbocycles. The van der Waals surface area contributed by atoms with Crippen molar-refractivity contribution in [3.63, 3.8) is 0 Å². The van der Waals surface area contributed by atoms with E-state index in [1.54, 1.807) is 39.9 Å². The monoisotopic (exact) mass is 554 g/mol. The first-order valence-electron chi connectivity index (χ1n) is 12.8. The van der Waals surface area contributed by atoms with Crippen molar-refractivity contribution in [1.82, 2.24) is 24.6 Å². The van der Waals surface area contributed by atoms with Crippen LogP contribution in [0.2, 0.25) is 10.0 Å². The third-order valence-corrected chi connectivity index (χ3v) is 7.51. The number of nitrogens with zero attached hydrogens (tertiary/aromatic N) is 6. The lowest BCUT2D eigenvalue weighted by atomic mass is 10.1. The average molecular weight is 555 g/mol. The molecule has 1 unspecified atom stereocenters. The Morgan fingerprint density at radius 3 is 2.42 bits per heavy atom. The lowest BCUT2D eigenvalue weighted by molar-refractivity contribution is 0.0747. The molecule has 4 aromatic rings. The number of benzene rings is 2. The molecule has 10 heteroatoms. The fourth-order valence-electron chi connectivity index (χ4n) is 4.91. The number of anilines is 1. The number of hydrogen-bond donors (Lipinski definition) is 0. The molecule has 0 N–H and O–H groups in total. The normalized spacial score (nSPS) is 14.8. The Balaban J connectivity index is 1.49. The first kappa shape index (κ1) is 26.4. The van der Waals surface area contributed by atoms with Crippen molar-refractivity contribution in [2.24, 2.45) is 0 Å². The number of rotatable bonds is 6. The third kappa shape index (κ3) is 5.07. The van der Waals surface area contributed by atoms with Crippen LogP contribution >= 0.6 is 23.2 Å². The summed E-state index contributed by atoms with van der Waals surface area (Å²) in [5.41, 5.74) is 2.67. The van der Waals surface area contributed by atoms with Gasteiger partial charge in [0.25, 0.3) is 5.91 Å². The van der Waals surface area contributed by atoms with Crippen molar-refractivity contribution >= 4 is 46.0 Å². The maximum atomic E-state index is 13.6. The van der Waals surface area contributed by atoms with Crippen molar-refractivity contribution in [3.05, 3.63) is 75.4 Å². The van der Waals surface area contributed by atoms with Crippen LogP contribution in [0.4, 0.5) is 10.2 Å². The number of amides is 1. The van der Waals surface area contributed by atoms with Gasteiger partial charge in [0, 0.05) is 37.1 Å². The van der Waals surface area contributed by atoms with Gasteiger partial charge >= 0.3 is 0 Å². The van der Waals surface area contributed by atoms with E-state index in [2.05, 4.69) is 18.7 Å². The fraction of sp³-hybridized carbons (Fsp3) is 0.357. The molecule has 1 aliphatic heterocycles. The molecule has 1 amide bonds. The number of piperazine rings is 1. The largest absolute Gasteiger partial charge is 0.352 e. The zero-order valence-corrected chi connectivity index (χ0v) is 23.1. The predicted molar refractivity (Wildman–Crippen MR) is 149 cm³/mol. The van der Waals surface area contributed by atoms with Gasteiger partial charge in [0.2, 0.25) is 0 Å². The minimum atomic E-state index is -0.304. The molecular formula is C28H29Cl2FN6O. The molecule has 3 heterocycles. The molecule has 38 heavy (non-hydrogen) atoms. The van der Waals surface area contributed by atoms with Gasteiger partial charge in [-0.05, 0) is 55.8 Å². The average Bonchev–Trinajstić information content (AvgIpc) is 3.25. The molecule has 0 radical (unpaired) electrons. The number of aromatic nitrogens is 4. The minimum Gasteiger partial charge on any atom is -0.352 e. The topological polar surface area (TPSA) is 67.2 Å². The van der Waals surface area contributed by atoms with E-state index in [1.165, 1.54) is 12.1 Å². The van der Waals surface area contributed by atoms with Crippen molar-refractivity contribution in [1.29, 1.82) is 0 Å². The number of carbonyl (C=O) groups is 1. The number of halogens is 3. The zero-order valence-electron chi connectivity index (χ0n) is 21.6. The van der Waals surface area contributed by atoms with Gasteiger partial charge in [-0.1, -0.05) is 43.5 Å². The quantitative estimate of drug-likeness (QED) is 0.274. The molecule has 2 aromatic carbocycles. The number of hydrogen-bond acceptors (Lipinski definition) is 5. The Hall–Kier alpha value is -3.23. The molecular weight excluding hydrogens is 526 g/mol. The highest BCUT2D eigenvalue weighted by atomic mass is 35.5. The summed E-state index contributed by atoms with van der Waals surface area (Å²) in [4.78, 5) is 27.1. The van der Waals surface area contributed by atoms with Crippen LogP contribution in [0.15, 0.2) is 42.5 Å². The second-order valence-electron chi connectivity index (χ2n) is 9.67. The highest BCUT2D eigenvalue weighted by Gasteiger charge is 2.28. The van der Waals surface area contributed by atoms with Gasteiger partial charge in [0.05, 0.1) is 27.4 Å². The third-order valence-electron chi connectivity index (χ3n) is 6.96. The lowest BCUT2D eigenvalue weighted by Gasteiger charge is -2.36. The fourth-order valence-corrected chi connectivity index (χ4v) is 5.40. The molecule has 2 aromatic heterocycles. The maximum Gasteiger partial charge on any atom is 0.255 e. The van der Waals surface area contributed by atoms with Crippen molar-refractivity contribution < 1.29 is 9.18 Å². The van der Waals surface area contributed by atoms with E-state index in [9.17, 15) is 9.18 Å². The Labute approximate surface area is 231 Å². The summed E-state index contributed by atoms with van der Waals surface area (Å²) in [6, 6.07) is 11.2. The van der Waals surface area contributed by atoms with Crippen LogP contribution in [0.3, 0.4) is 0 Å². The highest BCUT2D eigenvalue weighted by molar-refractivity contribution is 6.36. The van der Waals surface area contributed by atoms with Gasteiger partial charge in [-0.25, -0.2) is 19.0 Å². The first-order chi connectivity index (χ1) is 18.3. The molecule has 1 atom stereocenters. The summed E-state index contributed by atoms with van der Waals surface area (Å²) < 4.78 is 15.4. The Morgan fingerprint density at radius 2 is 1.76 bits per heavy atom. The van der Waals surface area contributed by atoms with Crippen LogP contribution in [0, 0.1) is 12.7 Å². The maximum absolute atomic E-state index is 13.6. The summed E-state index contributed by atoms with van der Waals surface area (Å²) >= 11 is 12.3. The standard InChI is InChI=1S/C28H29Cl2FN6O/c1-4-5-17(2)25-32-26(24-18(3)34-37(27(24)33-25)21-9-7-20(31)8-10-21)35-12-14-36(15-13-35)28(38)22-11-6-19(29)16-23(22)30/h6-11,16-17H,4-5,12-15H2,1-3H3. The van der Waals surface area contributed by atoms with Gasteiger partial charge in [0.1, 0.15) is 17.5 Å². The van der Waals surface area contributed by atoms with Crippen LogP contribution < -0.4 is 4.90 Å². The summed E-state index contributed by atoms with van der Waals surface area (Å²) in [5, 5.41) is 6.47. The lowest BCUT2D eigenvalue weighted by Crippen LogP contribution is -2.49. The number of fused-ring (bicyclic) bond motifs is 1. The van der Waals surface area contributed by atoms with Crippen LogP contribution in [0.5, 0.6) is 0 Å². The predicted octanol–water partition coefficient (Wildman–Crippen LogP) is 6.44. The van der Waals surface area contributed by atoms with Crippen LogP contribution in [0.25, 0.3) is 16.7 Å². The Bertz CT molecular complexity index is 1480. The Kier molecular flexibility index (Phi) is 7.54. The van der Waals surface area contributed by atoms with Crippen molar-refractivity contribution in [2.75, 3.05) is 31.1 Å². The van der Waals surface area contributed by atoms with Gasteiger partial charge in [-0.2, -0.15) is 5.10 Å². The van der Waals surface area contributed by atoms with E-state index >= 15 is 0 Å². The van der Waals surface area contributed by atoms with Crippen LogP contribution in [-0.4, -0.2) is 56.7 Å². The van der Waals surface area contributed by atoms with Gasteiger partial charge in [-0.15, -0.1) is 0 Å². The molecule has 0 spiro atoms. The molecule has 1 fully saturated rings. The summed E-state index contributed by atoms with van der Waals surface area (Å²) in [7, 11) is 0. The van der Waals surface area contributed by atoms with E-state index in [1.807, 2.05) is 6.92 Å². The molecule has 0 saturated carbocycles. The Morgan fingerprint density at radius 1 is 1.05 bits per heavy atom. The van der Waals surface area contributed by atoms with E-state index in [0.29, 0.717) is 47.4 Å². The van der Waals surface area contributed by atoms with E-state index in [0.717, 1.165) is 41.3 Å². The molecule has 0 bridgehead atoms. The number of carbonyl (C=O) groups excluding carboxylic acids is 1. The molecule has 5 rings (SSSR count). The minimum absolute atomic E-state index is 0.114. The van der Waals surface area contributed by atoms with Crippen LogP contribution in [-0.2, 0) is 0 Å². The van der Waals surface area contributed by atoms with E-state index in [-0.39, 0.29) is 17.6 Å².